The molecule has 0 heterocycles. The Hall–Kier alpha value is -2.00. The van der Waals surface area contributed by atoms with Crippen LogP contribution in [0, 0.1) is 0 Å². The first-order valence-electron chi connectivity index (χ1n) is 5.51. The highest BCUT2D eigenvalue weighted by Gasteiger charge is 2.31. The van der Waals surface area contributed by atoms with Gasteiger partial charge in [-0.25, -0.2) is 0 Å². The second-order valence-electron chi connectivity index (χ2n) is 4.34. The Balaban J connectivity index is 2.28. The molecule has 0 amide bonds. The molecule has 1 aliphatic carbocycles. The van der Waals surface area contributed by atoms with E-state index in [-0.39, 0.29) is 18.0 Å². The van der Waals surface area contributed by atoms with Crippen LogP contribution in [0.1, 0.15) is 15.9 Å². The minimum Gasteiger partial charge on any atom is -0.315 e. The smallest absolute Gasteiger partial charge is 0.187 e. The Morgan fingerprint density at radius 3 is 2.41 bits per heavy atom. The maximum absolute atomic E-state index is 11.9. The number of carbonyl (C=O) groups excluding carboxylic acids is 2. The summed E-state index contributed by atoms with van der Waals surface area (Å²) in [6, 6.07) is 10.5. The third-order valence-corrected chi connectivity index (χ3v) is 3.23. The predicted octanol–water partition coefficient (Wildman–Crippen LogP) is 1.47. The molecule has 0 radical (unpaired) electrons. The molecule has 0 aliphatic heterocycles. The summed E-state index contributed by atoms with van der Waals surface area (Å²) in [5.41, 5.74) is 6.97. The van der Waals surface area contributed by atoms with Gasteiger partial charge in [-0.3, -0.25) is 9.59 Å². The molecule has 2 N–H and O–H groups in total. The van der Waals surface area contributed by atoms with Crippen LogP contribution in [0.25, 0.3) is 10.8 Å². The van der Waals surface area contributed by atoms with Crippen LogP contribution in [-0.4, -0.2) is 17.6 Å². The molecule has 2 aromatic carbocycles. The molecular formula is C14H11NO2. The van der Waals surface area contributed by atoms with E-state index in [1.807, 2.05) is 36.4 Å². The van der Waals surface area contributed by atoms with Crippen LogP contribution in [0.5, 0.6) is 0 Å². The van der Waals surface area contributed by atoms with Crippen molar-refractivity contribution in [3.63, 3.8) is 0 Å². The molecular weight excluding hydrogens is 214 g/mol. The van der Waals surface area contributed by atoms with E-state index in [4.69, 9.17) is 5.73 Å². The van der Waals surface area contributed by atoms with E-state index in [0.717, 1.165) is 16.3 Å². The predicted molar refractivity (Wildman–Crippen MR) is 65.0 cm³/mol. The Labute approximate surface area is 98.2 Å². The summed E-state index contributed by atoms with van der Waals surface area (Å²) in [7, 11) is 0. The minimum absolute atomic E-state index is 0.196. The van der Waals surface area contributed by atoms with Crippen LogP contribution in [0.3, 0.4) is 0 Å². The topological polar surface area (TPSA) is 60.2 Å². The summed E-state index contributed by atoms with van der Waals surface area (Å²) in [6.07, 6.45) is 0.257. The number of hydrogen-bond acceptors (Lipinski definition) is 3. The van der Waals surface area contributed by atoms with Gasteiger partial charge in [-0.1, -0.05) is 24.3 Å². The van der Waals surface area contributed by atoms with Crippen molar-refractivity contribution in [1.82, 2.24) is 0 Å². The number of hydrogen-bond donors (Lipinski definition) is 1. The first kappa shape index (κ1) is 10.2. The van der Waals surface area contributed by atoms with E-state index in [0.29, 0.717) is 5.56 Å². The van der Waals surface area contributed by atoms with Crippen LogP contribution in [0.15, 0.2) is 36.4 Å². The maximum Gasteiger partial charge on any atom is 0.187 e. The van der Waals surface area contributed by atoms with Crippen molar-refractivity contribution >= 4 is 22.3 Å². The molecule has 1 aliphatic rings. The van der Waals surface area contributed by atoms with E-state index in [1.165, 1.54) is 0 Å². The minimum atomic E-state index is -0.983. The molecule has 3 nitrogen and oxygen atoms in total. The maximum atomic E-state index is 11.9. The fourth-order valence-corrected chi connectivity index (χ4v) is 2.27. The summed E-state index contributed by atoms with van der Waals surface area (Å²) in [6.45, 7) is 0. The van der Waals surface area contributed by atoms with Crippen LogP contribution >= 0.6 is 0 Å². The number of benzene rings is 2. The number of fused-ring (bicyclic) bond motifs is 2. The highest BCUT2D eigenvalue weighted by Crippen LogP contribution is 2.25. The van der Waals surface area contributed by atoms with E-state index in [2.05, 4.69) is 0 Å². The number of rotatable bonds is 0. The van der Waals surface area contributed by atoms with Gasteiger partial charge in [0.1, 0.15) is 6.04 Å². The quantitative estimate of drug-likeness (QED) is 0.691. The van der Waals surface area contributed by atoms with Gasteiger partial charge in [-0.05, 0) is 28.5 Å². The van der Waals surface area contributed by atoms with Crippen molar-refractivity contribution in [2.24, 2.45) is 5.73 Å². The number of Topliss-reactive ketones (excluding diaryl/α,β-unsaturated/α-hetero) is 2. The molecule has 3 rings (SSSR count). The Morgan fingerprint density at radius 1 is 1.06 bits per heavy atom. The molecule has 17 heavy (non-hydrogen) atoms. The zero-order valence-electron chi connectivity index (χ0n) is 9.14. The standard InChI is InChI=1S/C14H11NO2/c15-13-12(16)7-10-5-8-3-1-2-4-9(8)6-11(10)14(13)17/h1-6,13H,7,15H2. The molecule has 0 spiro atoms. The second-order valence-corrected chi connectivity index (χ2v) is 4.34. The average molecular weight is 225 g/mol. The molecule has 0 saturated carbocycles. The fourth-order valence-electron chi connectivity index (χ4n) is 2.27. The lowest BCUT2D eigenvalue weighted by Crippen LogP contribution is -2.43. The molecule has 84 valence electrons. The molecule has 2 aromatic rings. The van der Waals surface area contributed by atoms with Crippen LogP contribution in [0.2, 0.25) is 0 Å². The van der Waals surface area contributed by atoms with Gasteiger partial charge in [0.2, 0.25) is 0 Å². The molecule has 0 aromatic heterocycles. The number of nitrogens with two attached hydrogens (primary N) is 1. The summed E-state index contributed by atoms with van der Waals surface area (Å²) in [5.74, 6) is -0.459. The Morgan fingerprint density at radius 2 is 1.71 bits per heavy atom. The summed E-state index contributed by atoms with van der Waals surface area (Å²) in [5, 5.41) is 2.04. The molecule has 1 unspecified atom stereocenters. The first-order chi connectivity index (χ1) is 8.16. The van der Waals surface area contributed by atoms with Crippen LogP contribution in [-0.2, 0) is 11.2 Å². The van der Waals surface area contributed by atoms with E-state index in [9.17, 15) is 9.59 Å². The second kappa shape index (κ2) is 3.50. The van der Waals surface area contributed by atoms with Gasteiger partial charge in [0.25, 0.3) is 0 Å². The van der Waals surface area contributed by atoms with Crippen LogP contribution in [0.4, 0.5) is 0 Å². The van der Waals surface area contributed by atoms with Gasteiger partial charge in [0, 0.05) is 12.0 Å². The summed E-state index contributed by atoms with van der Waals surface area (Å²) >= 11 is 0. The Kier molecular flexibility index (Phi) is 2.09. The lowest BCUT2D eigenvalue weighted by Gasteiger charge is -2.19. The molecule has 0 fully saturated rings. The zero-order chi connectivity index (χ0) is 12.0. The monoisotopic (exact) mass is 225 g/mol. The molecule has 0 saturated heterocycles. The molecule has 0 bridgehead atoms. The SMILES string of the molecule is NC1C(=O)Cc2cc3ccccc3cc2C1=O. The van der Waals surface area contributed by atoms with E-state index >= 15 is 0 Å². The van der Waals surface area contributed by atoms with Crippen LogP contribution < -0.4 is 5.73 Å². The number of carbonyl (C=O) groups is 2. The highest BCUT2D eigenvalue weighted by molar-refractivity contribution is 6.19. The third-order valence-electron chi connectivity index (χ3n) is 3.23. The van der Waals surface area contributed by atoms with Crippen molar-refractivity contribution < 1.29 is 9.59 Å². The van der Waals surface area contributed by atoms with Gasteiger partial charge in [-0.15, -0.1) is 0 Å². The van der Waals surface area contributed by atoms with Crippen molar-refractivity contribution in [1.29, 1.82) is 0 Å². The largest absolute Gasteiger partial charge is 0.315 e. The summed E-state index contributed by atoms with van der Waals surface area (Å²) in [4.78, 5) is 23.5. The number of ketones is 2. The van der Waals surface area contributed by atoms with Crippen molar-refractivity contribution in [3.8, 4) is 0 Å². The van der Waals surface area contributed by atoms with E-state index < -0.39 is 6.04 Å². The van der Waals surface area contributed by atoms with Crippen molar-refractivity contribution in [3.05, 3.63) is 47.5 Å². The first-order valence-corrected chi connectivity index (χ1v) is 5.51. The zero-order valence-corrected chi connectivity index (χ0v) is 9.14. The Bertz CT molecular complexity index is 646. The van der Waals surface area contributed by atoms with Crippen molar-refractivity contribution in [2.75, 3.05) is 0 Å². The van der Waals surface area contributed by atoms with Gasteiger partial charge < -0.3 is 5.73 Å². The molecule has 1 atom stereocenters. The van der Waals surface area contributed by atoms with Crippen molar-refractivity contribution in [2.45, 2.75) is 12.5 Å². The van der Waals surface area contributed by atoms with Gasteiger partial charge >= 0.3 is 0 Å². The summed E-state index contributed by atoms with van der Waals surface area (Å²) < 4.78 is 0. The average Bonchev–Trinajstić information content (AvgIpc) is 2.34. The lowest BCUT2D eigenvalue weighted by molar-refractivity contribution is -0.118. The highest BCUT2D eigenvalue weighted by atomic mass is 16.2. The van der Waals surface area contributed by atoms with E-state index in [1.54, 1.807) is 0 Å². The lowest BCUT2D eigenvalue weighted by atomic mass is 9.85. The van der Waals surface area contributed by atoms with Gasteiger partial charge in [-0.2, -0.15) is 0 Å². The molecule has 3 heteroatoms. The normalized spacial score (nSPS) is 19.5. The third kappa shape index (κ3) is 1.47. The fraction of sp³-hybridized carbons (Fsp3) is 0.143. The van der Waals surface area contributed by atoms with Gasteiger partial charge in [0.15, 0.2) is 11.6 Å². The van der Waals surface area contributed by atoms with Gasteiger partial charge in [0.05, 0.1) is 0 Å².